The summed E-state index contributed by atoms with van der Waals surface area (Å²) in [5, 5.41) is 0. The van der Waals surface area contributed by atoms with Crippen molar-refractivity contribution in [3.8, 4) is 5.75 Å². The Hall–Kier alpha value is -2.88. The van der Waals surface area contributed by atoms with Crippen molar-refractivity contribution in [2.45, 2.75) is 26.7 Å². The van der Waals surface area contributed by atoms with Crippen LogP contribution < -0.4 is 4.74 Å². The lowest BCUT2D eigenvalue weighted by molar-refractivity contribution is -0.129. The number of esters is 1. The summed E-state index contributed by atoms with van der Waals surface area (Å²) in [5.74, 6) is 0.694. The molecule has 3 rings (SSSR count). The van der Waals surface area contributed by atoms with E-state index in [4.69, 9.17) is 9.47 Å². The smallest absolute Gasteiger partial charge is 0.363 e. The van der Waals surface area contributed by atoms with Crippen LogP contribution in [-0.4, -0.2) is 18.5 Å². The van der Waals surface area contributed by atoms with E-state index in [1.807, 2.05) is 55.5 Å². The van der Waals surface area contributed by atoms with Gasteiger partial charge in [-0.1, -0.05) is 43.2 Å². The van der Waals surface area contributed by atoms with E-state index < -0.39 is 5.97 Å². The minimum Gasteiger partial charge on any atom is -0.494 e. The van der Waals surface area contributed by atoms with Crippen molar-refractivity contribution in [2.24, 2.45) is 4.99 Å². The first kappa shape index (κ1) is 17.0. The molecular weight excluding hydrogens is 314 g/mol. The second-order valence-corrected chi connectivity index (χ2v) is 5.97. The van der Waals surface area contributed by atoms with Crippen molar-refractivity contribution in [1.29, 1.82) is 0 Å². The molecule has 0 atom stereocenters. The maximum Gasteiger partial charge on any atom is 0.363 e. The summed E-state index contributed by atoms with van der Waals surface area (Å²) in [6.45, 7) is 4.85. The van der Waals surface area contributed by atoms with Gasteiger partial charge < -0.3 is 9.47 Å². The van der Waals surface area contributed by atoms with Crippen LogP contribution in [0.15, 0.2) is 59.2 Å². The summed E-state index contributed by atoms with van der Waals surface area (Å²) in [4.78, 5) is 16.4. The van der Waals surface area contributed by atoms with Crippen LogP contribution in [0.2, 0.25) is 0 Å². The van der Waals surface area contributed by atoms with Gasteiger partial charge in [-0.3, -0.25) is 0 Å². The molecule has 2 aromatic carbocycles. The van der Waals surface area contributed by atoms with Gasteiger partial charge in [0.25, 0.3) is 0 Å². The Labute approximate surface area is 147 Å². The first-order valence-electron chi connectivity index (χ1n) is 8.48. The average molecular weight is 335 g/mol. The lowest BCUT2D eigenvalue weighted by atomic mass is 10.1. The largest absolute Gasteiger partial charge is 0.494 e. The van der Waals surface area contributed by atoms with Crippen LogP contribution in [-0.2, 0) is 9.53 Å². The molecule has 4 nitrogen and oxygen atoms in total. The number of rotatable bonds is 6. The lowest BCUT2D eigenvalue weighted by Crippen LogP contribution is -2.05. The van der Waals surface area contributed by atoms with Gasteiger partial charge in [0.05, 0.1) is 6.61 Å². The van der Waals surface area contributed by atoms with E-state index in [0.717, 1.165) is 29.7 Å². The number of aryl methyl sites for hydroxylation is 1. The molecule has 25 heavy (non-hydrogen) atoms. The van der Waals surface area contributed by atoms with E-state index in [1.54, 1.807) is 6.08 Å². The van der Waals surface area contributed by atoms with Gasteiger partial charge in [0, 0.05) is 5.56 Å². The van der Waals surface area contributed by atoms with Crippen LogP contribution in [0.4, 0.5) is 0 Å². The number of unbranched alkanes of at least 4 members (excludes halogenated alkanes) is 1. The third kappa shape index (κ3) is 4.35. The molecule has 0 amide bonds. The maximum absolute atomic E-state index is 12.0. The first-order valence-corrected chi connectivity index (χ1v) is 8.48. The fourth-order valence-electron chi connectivity index (χ4n) is 2.38. The van der Waals surface area contributed by atoms with Crippen molar-refractivity contribution in [2.75, 3.05) is 6.61 Å². The number of hydrogen-bond acceptors (Lipinski definition) is 4. The van der Waals surface area contributed by atoms with Gasteiger partial charge in [-0.2, -0.15) is 0 Å². The molecule has 0 radical (unpaired) electrons. The number of aliphatic imine (C=N–C) groups is 1. The van der Waals surface area contributed by atoms with Gasteiger partial charge in [-0.25, -0.2) is 9.79 Å². The van der Waals surface area contributed by atoms with Crippen molar-refractivity contribution < 1.29 is 14.3 Å². The third-order valence-corrected chi connectivity index (χ3v) is 3.87. The molecule has 128 valence electrons. The van der Waals surface area contributed by atoms with E-state index >= 15 is 0 Å². The number of carbonyl (C=O) groups excluding carboxylic acids is 1. The van der Waals surface area contributed by atoms with Gasteiger partial charge in [0.2, 0.25) is 5.90 Å². The molecule has 0 N–H and O–H groups in total. The third-order valence-electron chi connectivity index (χ3n) is 3.87. The van der Waals surface area contributed by atoms with Crippen LogP contribution in [0.5, 0.6) is 5.75 Å². The number of benzene rings is 2. The molecule has 0 aliphatic carbocycles. The monoisotopic (exact) mass is 335 g/mol. The summed E-state index contributed by atoms with van der Waals surface area (Å²) in [5.41, 5.74) is 3.15. The zero-order valence-electron chi connectivity index (χ0n) is 14.5. The number of hydrogen-bond donors (Lipinski definition) is 0. The molecule has 1 aliphatic heterocycles. The first-order chi connectivity index (χ1) is 12.2. The van der Waals surface area contributed by atoms with Crippen LogP contribution in [0.3, 0.4) is 0 Å². The molecule has 0 aromatic heterocycles. The molecule has 0 spiro atoms. The van der Waals surface area contributed by atoms with Crippen molar-refractivity contribution in [3.63, 3.8) is 0 Å². The molecule has 0 saturated carbocycles. The molecule has 2 aromatic rings. The van der Waals surface area contributed by atoms with E-state index in [0.29, 0.717) is 18.2 Å². The molecule has 1 aliphatic rings. The highest BCUT2D eigenvalue weighted by molar-refractivity contribution is 6.12. The van der Waals surface area contributed by atoms with Gasteiger partial charge in [-0.15, -0.1) is 0 Å². The molecule has 0 bridgehead atoms. The Kier molecular flexibility index (Phi) is 5.29. The molecule has 0 saturated heterocycles. The average Bonchev–Trinajstić information content (AvgIpc) is 2.98. The van der Waals surface area contributed by atoms with Gasteiger partial charge in [0.15, 0.2) is 5.70 Å². The van der Waals surface area contributed by atoms with Crippen molar-refractivity contribution in [3.05, 3.63) is 70.9 Å². The number of cyclic esters (lactones) is 1. The predicted molar refractivity (Wildman–Crippen MR) is 98.6 cm³/mol. The van der Waals surface area contributed by atoms with Gasteiger partial charge in [-0.05, 0) is 49.2 Å². The van der Waals surface area contributed by atoms with Crippen LogP contribution in [0, 0.1) is 6.92 Å². The highest BCUT2D eigenvalue weighted by Crippen LogP contribution is 2.21. The predicted octanol–water partition coefficient (Wildman–Crippen LogP) is 4.52. The second-order valence-electron chi connectivity index (χ2n) is 5.97. The summed E-state index contributed by atoms with van der Waals surface area (Å²) in [6.07, 6.45) is 3.86. The standard InChI is InChI=1S/C21H21NO3/c1-3-4-13-24-18-11-9-17(10-12-18)20-22-19(21(23)25-20)14-16-7-5-15(2)6-8-16/h5-12,14H,3-4,13H2,1-2H3/b19-14-. The summed E-state index contributed by atoms with van der Waals surface area (Å²) < 4.78 is 10.9. The minimum atomic E-state index is -0.432. The Morgan fingerprint density at radius 2 is 1.80 bits per heavy atom. The summed E-state index contributed by atoms with van der Waals surface area (Å²) in [6, 6.07) is 15.3. The molecular formula is C21H21NO3. The molecule has 4 heteroatoms. The van der Waals surface area contributed by atoms with Crippen molar-refractivity contribution in [1.82, 2.24) is 0 Å². The van der Waals surface area contributed by atoms with E-state index in [9.17, 15) is 4.79 Å². The topological polar surface area (TPSA) is 47.9 Å². The fourth-order valence-corrected chi connectivity index (χ4v) is 2.38. The lowest BCUT2D eigenvalue weighted by Gasteiger charge is -2.05. The van der Waals surface area contributed by atoms with E-state index in [-0.39, 0.29) is 0 Å². The highest BCUT2D eigenvalue weighted by atomic mass is 16.6. The normalized spacial score (nSPS) is 15.2. The zero-order chi connectivity index (χ0) is 17.6. The van der Waals surface area contributed by atoms with Crippen molar-refractivity contribution >= 4 is 17.9 Å². The van der Waals surface area contributed by atoms with E-state index in [2.05, 4.69) is 11.9 Å². The SMILES string of the molecule is CCCCOc1ccc(C2=N/C(=C\c3ccc(C)cc3)C(=O)O2)cc1. The van der Waals surface area contributed by atoms with Crippen LogP contribution in [0.1, 0.15) is 36.5 Å². The Bertz CT molecular complexity index is 802. The Balaban J connectivity index is 1.74. The van der Waals surface area contributed by atoms with Crippen LogP contribution in [0.25, 0.3) is 6.08 Å². The molecule has 1 heterocycles. The number of carbonyl (C=O) groups is 1. The maximum atomic E-state index is 12.0. The summed E-state index contributed by atoms with van der Waals surface area (Å²) in [7, 11) is 0. The Morgan fingerprint density at radius 3 is 2.48 bits per heavy atom. The number of ether oxygens (including phenoxy) is 2. The van der Waals surface area contributed by atoms with Gasteiger partial charge in [0.1, 0.15) is 5.75 Å². The molecule has 0 fully saturated rings. The quantitative estimate of drug-likeness (QED) is 0.443. The van der Waals surface area contributed by atoms with E-state index in [1.165, 1.54) is 5.56 Å². The minimum absolute atomic E-state index is 0.308. The second kappa shape index (κ2) is 7.79. The highest BCUT2D eigenvalue weighted by Gasteiger charge is 2.24. The fraction of sp³-hybridized carbons (Fsp3) is 0.238. The van der Waals surface area contributed by atoms with Gasteiger partial charge >= 0.3 is 5.97 Å². The summed E-state index contributed by atoms with van der Waals surface area (Å²) >= 11 is 0. The Morgan fingerprint density at radius 1 is 1.08 bits per heavy atom. The zero-order valence-corrected chi connectivity index (χ0v) is 14.5. The number of nitrogens with zero attached hydrogens (tertiary/aromatic N) is 1. The van der Waals surface area contributed by atoms with Crippen LogP contribution >= 0.6 is 0 Å². The molecule has 0 unspecified atom stereocenters.